The second-order valence-electron chi connectivity index (χ2n) is 5.42. The number of carbonyl (C=O) groups excluding carboxylic acids is 1. The molecule has 1 amide bonds. The summed E-state index contributed by atoms with van der Waals surface area (Å²) in [6, 6.07) is 0.586. The number of rotatable bonds is 3. The molecule has 0 bridgehead atoms. The quantitative estimate of drug-likeness (QED) is 0.391. The highest BCUT2D eigenvalue weighted by Gasteiger charge is 2.32. The molecule has 0 aromatic heterocycles. The molecule has 3 unspecified atom stereocenters. The van der Waals surface area contributed by atoms with E-state index >= 15 is 0 Å². The first-order valence-electron chi connectivity index (χ1n) is 6.68. The highest BCUT2D eigenvalue weighted by atomic mass is 16.5. The van der Waals surface area contributed by atoms with E-state index in [9.17, 15) is 4.79 Å². The van der Waals surface area contributed by atoms with Crippen LogP contribution in [0.3, 0.4) is 0 Å². The maximum Gasteiger partial charge on any atom is 0.263 e. The molecule has 18 heavy (non-hydrogen) atoms. The number of likely N-dealkylation sites (N-methyl/N-ethyl adjacent to an activating group) is 1. The summed E-state index contributed by atoms with van der Waals surface area (Å²) in [5, 5.41) is 0. The predicted molar refractivity (Wildman–Crippen MR) is 68.8 cm³/mol. The van der Waals surface area contributed by atoms with Crippen LogP contribution in [0.15, 0.2) is 0 Å². The van der Waals surface area contributed by atoms with Crippen LogP contribution in [0.25, 0.3) is 0 Å². The zero-order valence-corrected chi connectivity index (χ0v) is 11.3. The second-order valence-corrected chi connectivity index (χ2v) is 5.42. The van der Waals surface area contributed by atoms with E-state index < -0.39 is 0 Å². The molecule has 0 aromatic carbocycles. The van der Waals surface area contributed by atoms with Crippen LogP contribution in [0.4, 0.5) is 0 Å². The Kier molecular flexibility index (Phi) is 4.55. The minimum absolute atomic E-state index is 0.169. The Morgan fingerprint density at radius 3 is 2.89 bits per heavy atom. The third-order valence-electron chi connectivity index (χ3n) is 4.05. The second kappa shape index (κ2) is 5.97. The van der Waals surface area contributed by atoms with Gasteiger partial charge in [0.1, 0.15) is 6.10 Å². The number of carbonyl (C=O) groups is 1. The van der Waals surface area contributed by atoms with Gasteiger partial charge in [0, 0.05) is 32.2 Å². The van der Waals surface area contributed by atoms with Crippen LogP contribution in [0, 0.1) is 0 Å². The monoisotopic (exact) mass is 256 g/mol. The third kappa shape index (κ3) is 3.20. The van der Waals surface area contributed by atoms with E-state index in [0.717, 1.165) is 39.0 Å². The average Bonchev–Trinajstić information content (AvgIpc) is 2.81. The molecule has 2 saturated heterocycles. The summed E-state index contributed by atoms with van der Waals surface area (Å²) >= 11 is 0. The van der Waals surface area contributed by atoms with E-state index in [1.165, 1.54) is 0 Å². The summed E-state index contributed by atoms with van der Waals surface area (Å²) in [6.45, 7) is 6.41. The summed E-state index contributed by atoms with van der Waals surface area (Å²) in [5.41, 5.74) is 2.16. The van der Waals surface area contributed by atoms with Gasteiger partial charge in [-0.3, -0.25) is 15.1 Å². The van der Waals surface area contributed by atoms with Crippen molar-refractivity contribution >= 4 is 5.91 Å². The van der Waals surface area contributed by atoms with Gasteiger partial charge in [-0.15, -0.1) is 0 Å². The van der Waals surface area contributed by atoms with Crippen molar-refractivity contribution in [2.75, 3.05) is 33.2 Å². The highest BCUT2D eigenvalue weighted by molar-refractivity contribution is 5.80. The van der Waals surface area contributed by atoms with Crippen LogP contribution in [0.2, 0.25) is 0 Å². The van der Waals surface area contributed by atoms with Gasteiger partial charge in [0.05, 0.1) is 6.10 Å². The number of hydrazine groups is 1. The van der Waals surface area contributed by atoms with Gasteiger partial charge < -0.3 is 9.64 Å². The third-order valence-corrected chi connectivity index (χ3v) is 4.05. The molecule has 2 aliphatic heterocycles. The van der Waals surface area contributed by atoms with Crippen molar-refractivity contribution in [2.45, 2.75) is 38.0 Å². The fourth-order valence-electron chi connectivity index (χ4n) is 2.70. The van der Waals surface area contributed by atoms with Crippen LogP contribution in [-0.2, 0) is 9.53 Å². The lowest BCUT2D eigenvalue weighted by molar-refractivity contribution is -0.132. The molecular weight excluding hydrogens is 232 g/mol. The number of hydrogen-bond acceptors (Lipinski definition) is 5. The molecular formula is C12H24N4O2. The number of hydrogen-bond donors (Lipinski definition) is 2. The lowest BCUT2D eigenvalue weighted by Crippen LogP contribution is -2.51. The van der Waals surface area contributed by atoms with Gasteiger partial charge >= 0.3 is 0 Å². The number of piperazine rings is 1. The molecule has 2 aliphatic rings. The number of nitrogens with two attached hydrogens (primary N) is 1. The van der Waals surface area contributed by atoms with E-state index in [4.69, 9.17) is 10.6 Å². The molecule has 2 heterocycles. The predicted octanol–water partition coefficient (Wildman–Crippen LogP) is -0.840. The number of ether oxygens (including phenoxy) is 1. The van der Waals surface area contributed by atoms with Crippen molar-refractivity contribution in [3.05, 3.63) is 0 Å². The topological polar surface area (TPSA) is 70.8 Å². The van der Waals surface area contributed by atoms with Crippen LogP contribution >= 0.6 is 0 Å². The standard InChI is InChI=1S/C12H24N4O2/c1-9-7-16(6-5-15(9)2)8-10-3-4-11(18-10)12(17)14-13/h9-11H,3-8,13H2,1-2H3,(H,14,17). The fourth-order valence-corrected chi connectivity index (χ4v) is 2.70. The largest absolute Gasteiger partial charge is 0.364 e. The number of nitrogens with one attached hydrogen (secondary N) is 1. The Morgan fingerprint density at radius 1 is 1.44 bits per heavy atom. The summed E-state index contributed by atoms with van der Waals surface area (Å²) in [5.74, 6) is 4.92. The van der Waals surface area contributed by atoms with Crippen molar-refractivity contribution < 1.29 is 9.53 Å². The molecule has 6 heteroatoms. The van der Waals surface area contributed by atoms with E-state index in [2.05, 4.69) is 29.2 Å². The lowest BCUT2D eigenvalue weighted by Gasteiger charge is -2.38. The molecule has 2 rings (SSSR count). The van der Waals surface area contributed by atoms with Gasteiger partial charge in [0.15, 0.2) is 0 Å². The molecule has 104 valence electrons. The van der Waals surface area contributed by atoms with Crippen LogP contribution in [-0.4, -0.2) is 67.2 Å². The summed E-state index contributed by atoms with van der Waals surface area (Å²) in [6.07, 6.45) is 1.53. The van der Waals surface area contributed by atoms with Gasteiger partial charge in [0.25, 0.3) is 5.91 Å². The fraction of sp³-hybridized carbons (Fsp3) is 0.917. The first-order chi connectivity index (χ1) is 8.60. The molecule has 0 radical (unpaired) electrons. The van der Waals surface area contributed by atoms with Crippen molar-refractivity contribution in [2.24, 2.45) is 5.84 Å². The molecule has 0 saturated carbocycles. The number of amides is 1. The van der Waals surface area contributed by atoms with Crippen molar-refractivity contribution in [1.82, 2.24) is 15.2 Å². The van der Waals surface area contributed by atoms with E-state index in [1.54, 1.807) is 0 Å². The minimum Gasteiger partial charge on any atom is -0.364 e. The van der Waals surface area contributed by atoms with Crippen LogP contribution in [0.5, 0.6) is 0 Å². The molecule has 0 aromatic rings. The van der Waals surface area contributed by atoms with Gasteiger partial charge in [-0.2, -0.15) is 0 Å². The molecule has 6 nitrogen and oxygen atoms in total. The SMILES string of the molecule is CC1CN(CC2CCC(C(=O)NN)O2)CCN1C. The lowest BCUT2D eigenvalue weighted by atomic mass is 10.1. The normalized spacial score (nSPS) is 34.7. The van der Waals surface area contributed by atoms with Crippen LogP contribution in [0.1, 0.15) is 19.8 Å². The molecule has 0 aliphatic carbocycles. The van der Waals surface area contributed by atoms with E-state index in [-0.39, 0.29) is 18.1 Å². The maximum atomic E-state index is 11.4. The van der Waals surface area contributed by atoms with Gasteiger partial charge in [-0.1, -0.05) is 0 Å². The van der Waals surface area contributed by atoms with E-state index in [0.29, 0.717) is 6.04 Å². The minimum atomic E-state index is -0.357. The Hall–Kier alpha value is -0.690. The highest BCUT2D eigenvalue weighted by Crippen LogP contribution is 2.21. The van der Waals surface area contributed by atoms with Gasteiger partial charge in [-0.05, 0) is 26.8 Å². The summed E-state index contributed by atoms with van der Waals surface area (Å²) in [4.78, 5) is 16.2. The zero-order chi connectivity index (χ0) is 13.1. The smallest absolute Gasteiger partial charge is 0.263 e. The number of nitrogens with zero attached hydrogens (tertiary/aromatic N) is 2. The van der Waals surface area contributed by atoms with Crippen molar-refractivity contribution in [1.29, 1.82) is 0 Å². The van der Waals surface area contributed by atoms with Gasteiger partial charge in [-0.25, -0.2) is 5.84 Å². The maximum absolute atomic E-state index is 11.4. The summed E-state index contributed by atoms with van der Waals surface area (Å²) < 4.78 is 5.73. The van der Waals surface area contributed by atoms with Crippen molar-refractivity contribution in [3.8, 4) is 0 Å². The zero-order valence-electron chi connectivity index (χ0n) is 11.3. The first-order valence-corrected chi connectivity index (χ1v) is 6.68. The first kappa shape index (κ1) is 13.7. The molecule has 3 atom stereocenters. The van der Waals surface area contributed by atoms with Gasteiger partial charge in [0.2, 0.25) is 0 Å². The van der Waals surface area contributed by atoms with E-state index in [1.807, 2.05) is 0 Å². The average molecular weight is 256 g/mol. The Balaban J connectivity index is 1.76. The Bertz CT molecular complexity index is 300. The van der Waals surface area contributed by atoms with Crippen molar-refractivity contribution in [3.63, 3.8) is 0 Å². The molecule has 2 fully saturated rings. The Morgan fingerprint density at radius 2 is 2.22 bits per heavy atom. The summed E-state index contributed by atoms with van der Waals surface area (Å²) in [7, 11) is 2.16. The molecule has 0 spiro atoms. The Labute approximate surface area is 108 Å². The van der Waals surface area contributed by atoms with Crippen LogP contribution < -0.4 is 11.3 Å². The molecule has 3 N–H and O–H groups in total.